The summed E-state index contributed by atoms with van der Waals surface area (Å²) in [5.41, 5.74) is 3.42. The first-order valence-corrected chi connectivity index (χ1v) is 10.5. The van der Waals surface area contributed by atoms with E-state index >= 15 is 0 Å². The summed E-state index contributed by atoms with van der Waals surface area (Å²) in [6.45, 7) is 1.98. The number of H-pyrrole nitrogens is 1. The number of nitrogens with one attached hydrogen (secondary N) is 3. The number of aryl methyl sites for hydroxylation is 1. The van der Waals surface area contributed by atoms with Crippen molar-refractivity contribution in [3.8, 4) is 0 Å². The molecule has 0 aliphatic carbocycles. The number of hydrogen-bond acceptors (Lipinski definition) is 7. The van der Waals surface area contributed by atoms with E-state index in [1.54, 1.807) is 0 Å². The number of benzene rings is 2. The standard InChI is InChI=1S/C19H16N6O2S2/c1-11-6-8-12(9-7-11)20-17(27)23-18-24-25-19(29-18)28-10-15-16(26)22-14-5-3-2-4-13(14)21-15/h2-9H,10H2,1H3,(H,22,26)(H2,20,23,24,27). The molecule has 2 aromatic carbocycles. The van der Waals surface area contributed by atoms with Gasteiger partial charge in [0.05, 0.1) is 11.0 Å². The van der Waals surface area contributed by atoms with Gasteiger partial charge in [0.2, 0.25) is 5.13 Å². The minimum atomic E-state index is -0.394. The van der Waals surface area contributed by atoms with Crippen LogP contribution < -0.4 is 16.2 Å². The molecule has 10 heteroatoms. The average molecular weight is 425 g/mol. The van der Waals surface area contributed by atoms with Gasteiger partial charge in [-0.1, -0.05) is 52.9 Å². The number of hydrogen-bond donors (Lipinski definition) is 3. The van der Waals surface area contributed by atoms with Crippen molar-refractivity contribution >= 4 is 51.0 Å². The number of aromatic amines is 1. The zero-order valence-corrected chi connectivity index (χ0v) is 16.9. The summed E-state index contributed by atoms with van der Waals surface area (Å²) >= 11 is 2.57. The van der Waals surface area contributed by atoms with Crippen LogP contribution in [0.5, 0.6) is 0 Å². The van der Waals surface area contributed by atoms with E-state index in [9.17, 15) is 9.59 Å². The summed E-state index contributed by atoms with van der Waals surface area (Å²) in [4.78, 5) is 31.5. The second-order valence-corrected chi connectivity index (χ2v) is 8.34. The van der Waals surface area contributed by atoms with Gasteiger partial charge >= 0.3 is 6.03 Å². The highest BCUT2D eigenvalue weighted by atomic mass is 32.2. The Balaban J connectivity index is 1.37. The molecule has 0 aliphatic heterocycles. The maximum absolute atomic E-state index is 12.2. The highest BCUT2D eigenvalue weighted by molar-refractivity contribution is 8.00. The molecule has 0 spiro atoms. The maximum Gasteiger partial charge on any atom is 0.325 e. The third-order valence-corrected chi connectivity index (χ3v) is 5.92. The molecule has 0 unspecified atom stereocenters. The Morgan fingerprint density at radius 1 is 1.10 bits per heavy atom. The molecule has 0 saturated heterocycles. The molecule has 2 amide bonds. The Morgan fingerprint density at radius 3 is 2.72 bits per heavy atom. The van der Waals surface area contributed by atoms with E-state index in [-0.39, 0.29) is 5.56 Å². The summed E-state index contributed by atoms with van der Waals surface area (Å²) < 4.78 is 0.630. The van der Waals surface area contributed by atoms with Crippen LogP contribution in [0.1, 0.15) is 11.3 Å². The molecule has 2 aromatic heterocycles. The van der Waals surface area contributed by atoms with Crippen molar-refractivity contribution < 1.29 is 4.79 Å². The fourth-order valence-electron chi connectivity index (χ4n) is 2.51. The summed E-state index contributed by atoms with van der Waals surface area (Å²) in [6.07, 6.45) is 0. The van der Waals surface area contributed by atoms with Crippen LogP contribution in [0.2, 0.25) is 0 Å². The van der Waals surface area contributed by atoms with Gasteiger partial charge in [0.25, 0.3) is 5.56 Å². The predicted octanol–water partition coefficient (Wildman–Crippen LogP) is 4.02. The van der Waals surface area contributed by atoms with Crippen molar-refractivity contribution in [1.29, 1.82) is 0 Å². The lowest BCUT2D eigenvalue weighted by molar-refractivity contribution is 0.262. The van der Waals surface area contributed by atoms with Crippen LogP contribution in [0.15, 0.2) is 57.7 Å². The second-order valence-electron chi connectivity index (χ2n) is 6.14. The molecular weight excluding hydrogens is 408 g/mol. The zero-order chi connectivity index (χ0) is 20.2. The summed E-state index contributed by atoms with van der Waals surface area (Å²) in [5.74, 6) is 0.352. The van der Waals surface area contributed by atoms with Crippen LogP contribution in [-0.4, -0.2) is 26.2 Å². The summed E-state index contributed by atoms with van der Waals surface area (Å²) in [7, 11) is 0. The van der Waals surface area contributed by atoms with Crippen LogP contribution in [0.3, 0.4) is 0 Å². The molecule has 8 nitrogen and oxygen atoms in total. The van der Waals surface area contributed by atoms with Crippen molar-refractivity contribution in [3.63, 3.8) is 0 Å². The van der Waals surface area contributed by atoms with Gasteiger partial charge in [-0.3, -0.25) is 10.1 Å². The molecule has 4 rings (SSSR count). The SMILES string of the molecule is Cc1ccc(NC(=O)Nc2nnc(SCc3nc4ccccc4[nH]c3=O)s2)cc1. The van der Waals surface area contributed by atoms with E-state index in [0.29, 0.717) is 32.1 Å². The number of nitrogens with zero attached hydrogens (tertiary/aromatic N) is 3. The molecule has 29 heavy (non-hydrogen) atoms. The van der Waals surface area contributed by atoms with Crippen LogP contribution in [0.25, 0.3) is 11.0 Å². The van der Waals surface area contributed by atoms with Gasteiger partial charge < -0.3 is 10.3 Å². The van der Waals surface area contributed by atoms with Crippen LogP contribution >= 0.6 is 23.1 Å². The van der Waals surface area contributed by atoms with E-state index < -0.39 is 6.03 Å². The second kappa shape index (κ2) is 8.41. The van der Waals surface area contributed by atoms with Crippen molar-refractivity contribution in [1.82, 2.24) is 20.2 Å². The number of thioether (sulfide) groups is 1. The maximum atomic E-state index is 12.2. The van der Waals surface area contributed by atoms with Gasteiger partial charge in [-0.25, -0.2) is 9.78 Å². The molecular formula is C19H16N6O2S2. The Hall–Kier alpha value is -3.24. The van der Waals surface area contributed by atoms with Gasteiger partial charge in [0.1, 0.15) is 5.69 Å². The van der Waals surface area contributed by atoms with E-state index in [1.807, 2.05) is 55.5 Å². The number of carbonyl (C=O) groups is 1. The van der Waals surface area contributed by atoms with Crippen molar-refractivity contribution in [2.75, 3.05) is 10.6 Å². The lowest BCUT2D eigenvalue weighted by Crippen LogP contribution is -2.19. The highest BCUT2D eigenvalue weighted by Gasteiger charge is 2.11. The average Bonchev–Trinajstić information content (AvgIpc) is 3.15. The first-order chi connectivity index (χ1) is 14.1. The van der Waals surface area contributed by atoms with Crippen molar-refractivity contribution in [2.24, 2.45) is 0 Å². The Bertz CT molecular complexity index is 1220. The van der Waals surface area contributed by atoms with E-state index in [2.05, 4.69) is 30.8 Å². The van der Waals surface area contributed by atoms with Gasteiger partial charge in [-0.2, -0.15) is 0 Å². The fraction of sp³-hybridized carbons (Fsp3) is 0.105. The minimum Gasteiger partial charge on any atom is -0.319 e. The third-order valence-electron chi connectivity index (χ3n) is 3.94. The largest absolute Gasteiger partial charge is 0.325 e. The molecule has 3 N–H and O–H groups in total. The number of anilines is 2. The Kier molecular flexibility index (Phi) is 5.54. The lowest BCUT2D eigenvalue weighted by Gasteiger charge is -2.04. The molecule has 0 fully saturated rings. The Morgan fingerprint density at radius 2 is 1.90 bits per heavy atom. The number of carbonyl (C=O) groups excluding carboxylic acids is 1. The first-order valence-electron chi connectivity index (χ1n) is 8.66. The number of fused-ring (bicyclic) bond motifs is 1. The van der Waals surface area contributed by atoms with Gasteiger partial charge in [0.15, 0.2) is 4.34 Å². The van der Waals surface area contributed by atoms with E-state index in [4.69, 9.17) is 0 Å². The van der Waals surface area contributed by atoms with Gasteiger partial charge in [-0.05, 0) is 31.2 Å². The van der Waals surface area contributed by atoms with Crippen LogP contribution in [0, 0.1) is 6.92 Å². The van der Waals surface area contributed by atoms with Gasteiger partial charge in [-0.15, -0.1) is 10.2 Å². The molecule has 0 bridgehead atoms. The lowest BCUT2D eigenvalue weighted by atomic mass is 10.2. The predicted molar refractivity (Wildman–Crippen MR) is 116 cm³/mol. The van der Waals surface area contributed by atoms with E-state index in [1.165, 1.54) is 23.1 Å². The van der Waals surface area contributed by atoms with Crippen molar-refractivity contribution in [2.45, 2.75) is 17.0 Å². The third kappa shape index (κ3) is 4.79. The van der Waals surface area contributed by atoms with Crippen LogP contribution in [-0.2, 0) is 5.75 Å². The first kappa shape index (κ1) is 19.1. The molecule has 0 saturated carbocycles. The normalized spacial score (nSPS) is 10.8. The van der Waals surface area contributed by atoms with E-state index in [0.717, 1.165) is 11.1 Å². The highest BCUT2D eigenvalue weighted by Crippen LogP contribution is 2.27. The molecule has 146 valence electrons. The Labute approximate surface area is 173 Å². The number of amides is 2. The molecule has 0 radical (unpaired) electrons. The smallest absolute Gasteiger partial charge is 0.319 e. The number of aromatic nitrogens is 4. The molecule has 0 atom stereocenters. The number of para-hydroxylation sites is 2. The number of rotatable bonds is 5. The number of urea groups is 1. The molecule has 2 heterocycles. The van der Waals surface area contributed by atoms with Crippen LogP contribution in [0.4, 0.5) is 15.6 Å². The van der Waals surface area contributed by atoms with Crippen molar-refractivity contribution in [3.05, 3.63) is 70.1 Å². The topological polar surface area (TPSA) is 113 Å². The summed E-state index contributed by atoms with van der Waals surface area (Å²) in [6, 6.07) is 14.5. The molecule has 0 aliphatic rings. The fourth-order valence-corrected chi connectivity index (χ4v) is 4.19. The van der Waals surface area contributed by atoms with Gasteiger partial charge in [0, 0.05) is 11.4 Å². The molecule has 4 aromatic rings. The quantitative estimate of drug-likeness (QED) is 0.329. The summed E-state index contributed by atoms with van der Waals surface area (Å²) in [5, 5.41) is 13.8. The minimum absolute atomic E-state index is 0.225. The monoisotopic (exact) mass is 424 g/mol. The zero-order valence-electron chi connectivity index (χ0n) is 15.3.